The van der Waals surface area contributed by atoms with Crippen LogP contribution >= 0.6 is 0 Å². The van der Waals surface area contributed by atoms with Gasteiger partial charge in [0.15, 0.2) is 11.5 Å². The number of benzene rings is 2. The second-order valence-electron chi connectivity index (χ2n) is 7.24. The van der Waals surface area contributed by atoms with Crippen molar-refractivity contribution in [1.29, 1.82) is 0 Å². The number of anilines is 2. The highest BCUT2D eigenvalue weighted by atomic mass is 19.3. The number of nitrogens with one attached hydrogen (secondary N) is 3. The van der Waals surface area contributed by atoms with Crippen LogP contribution in [-0.4, -0.2) is 29.6 Å². The van der Waals surface area contributed by atoms with Crippen LogP contribution in [0.1, 0.15) is 33.3 Å². The van der Waals surface area contributed by atoms with Crippen LogP contribution < -0.4 is 25.4 Å². The van der Waals surface area contributed by atoms with Crippen LogP contribution in [0.15, 0.2) is 54.7 Å². The van der Waals surface area contributed by atoms with E-state index in [1.807, 2.05) is 0 Å². The minimum Gasteiger partial charge on any atom is -0.395 e. The van der Waals surface area contributed by atoms with Crippen molar-refractivity contribution in [2.75, 3.05) is 17.2 Å². The first kappa shape index (κ1) is 22.9. The quantitative estimate of drug-likeness (QED) is 0.478. The van der Waals surface area contributed by atoms with Crippen LogP contribution in [0.25, 0.3) is 0 Å². The Morgan fingerprint density at radius 1 is 1.00 bits per heavy atom. The number of ether oxygens (including phenoxy) is 2. The SMILES string of the molecule is CCNC(=O)c1cc(CNc2cc(F)ccc2C(=O)Nc2ccc3c(c2)OC(F)(F)O3)ccn1. The molecule has 0 unspecified atom stereocenters. The summed E-state index contributed by atoms with van der Waals surface area (Å²) in [5.74, 6) is -1.87. The zero-order valence-electron chi connectivity index (χ0n) is 17.8. The average molecular weight is 472 g/mol. The van der Waals surface area contributed by atoms with E-state index in [4.69, 9.17) is 0 Å². The summed E-state index contributed by atoms with van der Waals surface area (Å²) >= 11 is 0. The lowest BCUT2D eigenvalue weighted by molar-refractivity contribution is -0.286. The highest BCUT2D eigenvalue weighted by Gasteiger charge is 2.43. The molecule has 3 aromatic rings. The van der Waals surface area contributed by atoms with Gasteiger partial charge in [-0.25, -0.2) is 4.39 Å². The molecule has 34 heavy (non-hydrogen) atoms. The maximum Gasteiger partial charge on any atom is 0.586 e. The molecule has 2 amide bonds. The molecule has 2 heterocycles. The Morgan fingerprint density at radius 2 is 1.79 bits per heavy atom. The fourth-order valence-corrected chi connectivity index (χ4v) is 3.24. The van der Waals surface area contributed by atoms with Crippen LogP contribution in [0.4, 0.5) is 24.5 Å². The standard InChI is InChI=1S/C23H19F3N4O4/c1-2-27-22(32)18-9-13(7-8-28-18)12-29-17-10-14(24)3-5-16(17)21(31)30-15-4-6-19-20(11-15)34-23(25,26)33-19/h3-11,29H,2,12H2,1H3,(H,27,32)(H,30,31). The number of amides is 2. The molecule has 8 nitrogen and oxygen atoms in total. The Balaban J connectivity index is 1.49. The zero-order chi connectivity index (χ0) is 24.3. The van der Waals surface area contributed by atoms with Crippen LogP contribution in [0, 0.1) is 5.82 Å². The molecule has 3 N–H and O–H groups in total. The lowest BCUT2D eigenvalue weighted by atomic mass is 10.1. The Morgan fingerprint density at radius 3 is 2.59 bits per heavy atom. The number of aromatic nitrogens is 1. The van der Waals surface area contributed by atoms with E-state index in [1.165, 1.54) is 30.5 Å². The molecule has 176 valence electrons. The van der Waals surface area contributed by atoms with Crippen molar-refractivity contribution < 1.29 is 32.2 Å². The molecule has 11 heteroatoms. The van der Waals surface area contributed by atoms with Gasteiger partial charge >= 0.3 is 6.29 Å². The lowest BCUT2D eigenvalue weighted by Crippen LogP contribution is -2.25. The third-order valence-electron chi connectivity index (χ3n) is 4.76. The monoisotopic (exact) mass is 472 g/mol. The maximum absolute atomic E-state index is 13.9. The van der Waals surface area contributed by atoms with E-state index in [1.54, 1.807) is 19.1 Å². The summed E-state index contributed by atoms with van der Waals surface area (Å²) in [5.41, 5.74) is 1.40. The molecule has 1 aliphatic heterocycles. The van der Waals surface area contributed by atoms with Crippen LogP contribution in [0.5, 0.6) is 11.5 Å². The largest absolute Gasteiger partial charge is 0.586 e. The van der Waals surface area contributed by atoms with Crippen LogP contribution in [-0.2, 0) is 6.54 Å². The van der Waals surface area contributed by atoms with Crippen molar-refractivity contribution in [3.05, 3.63) is 77.4 Å². The van der Waals surface area contributed by atoms with E-state index in [-0.39, 0.29) is 46.6 Å². The molecule has 1 aromatic heterocycles. The summed E-state index contributed by atoms with van der Waals surface area (Å²) in [6, 6.07) is 10.6. The highest BCUT2D eigenvalue weighted by Crippen LogP contribution is 2.42. The van der Waals surface area contributed by atoms with Crippen molar-refractivity contribution in [2.24, 2.45) is 0 Å². The van der Waals surface area contributed by atoms with E-state index < -0.39 is 18.0 Å². The minimum atomic E-state index is -3.77. The summed E-state index contributed by atoms with van der Waals surface area (Å²) in [5, 5.41) is 8.20. The first-order chi connectivity index (χ1) is 16.2. The molecule has 0 saturated carbocycles. The van der Waals surface area contributed by atoms with E-state index in [9.17, 15) is 22.8 Å². The Hall–Kier alpha value is -4.28. The molecule has 0 spiro atoms. The third kappa shape index (κ3) is 5.20. The van der Waals surface area contributed by atoms with Gasteiger partial charge in [-0.1, -0.05) is 0 Å². The van der Waals surface area contributed by atoms with Crippen molar-refractivity contribution in [1.82, 2.24) is 10.3 Å². The van der Waals surface area contributed by atoms with Crippen molar-refractivity contribution in [3.8, 4) is 11.5 Å². The Labute approximate surface area is 192 Å². The number of nitrogens with zero attached hydrogens (tertiary/aromatic N) is 1. The number of pyridine rings is 1. The van der Waals surface area contributed by atoms with Gasteiger partial charge in [-0.2, -0.15) is 0 Å². The normalized spacial score (nSPS) is 13.3. The topological polar surface area (TPSA) is 102 Å². The zero-order valence-corrected chi connectivity index (χ0v) is 17.8. The van der Waals surface area contributed by atoms with Gasteiger partial charge in [0.1, 0.15) is 11.5 Å². The fraction of sp³-hybridized carbons (Fsp3) is 0.174. The molecular weight excluding hydrogens is 453 g/mol. The minimum absolute atomic E-state index is 0.113. The molecular formula is C23H19F3N4O4. The molecule has 1 aliphatic rings. The number of halogens is 3. The first-order valence-electron chi connectivity index (χ1n) is 10.2. The van der Waals surface area contributed by atoms with Gasteiger partial charge in [0.05, 0.1) is 11.3 Å². The van der Waals surface area contributed by atoms with Crippen molar-refractivity contribution >= 4 is 23.2 Å². The number of hydrogen-bond acceptors (Lipinski definition) is 6. The second kappa shape index (κ2) is 9.30. The van der Waals surface area contributed by atoms with Gasteiger partial charge in [0.2, 0.25) is 0 Å². The average Bonchev–Trinajstić information content (AvgIpc) is 3.11. The van der Waals surface area contributed by atoms with Crippen molar-refractivity contribution in [2.45, 2.75) is 19.8 Å². The van der Waals surface area contributed by atoms with E-state index in [0.717, 1.165) is 12.1 Å². The van der Waals surface area contributed by atoms with E-state index in [0.29, 0.717) is 12.1 Å². The number of rotatable bonds is 7. The van der Waals surface area contributed by atoms with Gasteiger partial charge in [-0.3, -0.25) is 14.6 Å². The number of alkyl halides is 2. The number of hydrogen-bond donors (Lipinski definition) is 3. The smallest absolute Gasteiger partial charge is 0.395 e. The summed E-state index contributed by atoms with van der Waals surface area (Å²) in [4.78, 5) is 28.9. The maximum atomic E-state index is 13.9. The van der Waals surface area contributed by atoms with Gasteiger partial charge in [-0.05, 0) is 55.0 Å². The molecule has 0 radical (unpaired) electrons. The summed E-state index contributed by atoms with van der Waals surface area (Å²) in [6.07, 6.45) is -2.30. The second-order valence-corrected chi connectivity index (χ2v) is 7.24. The summed E-state index contributed by atoms with van der Waals surface area (Å²) < 4.78 is 49.1. The summed E-state index contributed by atoms with van der Waals surface area (Å²) in [7, 11) is 0. The fourth-order valence-electron chi connectivity index (χ4n) is 3.24. The number of fused-ring (bicyclic) bond motifs is 1. The molecule has 0 bridgehead atoms. The Kier molecular flexibility index (Phi) is 6.26. The molecule has 0 aliphatic carbocycles. The van der Waals surface area contributed by atoms with Crippen molar-refractivity contribution in [3.63, 3.8) is 0 Å². The number of carbonyl (C=O) groups is 2. The predicted molar refractivity (Wildman–Crippen MR) is 117 cm³/mol. The summed E-state index contributed by atoms with van der Waals surface area (Å²) in [6.45, 7) is 2.42. The van der Waals surface area contributed by atoms with Gasteiger partial charge < -0.3 is 25.4 Å². The third-order valence-corrected chi connectivity index (χ3v) is 4.76. The predicted octanol–water partition coefficient (Wildman–Crippen LogP) is 4.16. The highest BCUT2D eigenvalue weighted by molar-refractivity contribution is 6.08. The molecule has 0 fully saturated rings. The lowest BCUT2D eigenvalue weighted by Gasteiger charge is -2.13. The van der Waals surface area contributed by atoms with Gasteiger partial charge in [0, 0.05) is 31.0 Å². The van der Waals surface area contributed by atoms with E-state index >= 15 is 0 Å². The van der Waals surface area contributed by atoms with Crippen LogP contribution in [0.2, 0.25) is 0 Å². The Bertz CT molecular complexity index is 1250. The molecule has 4 rings (SSSR count). The first-order valence-corrected chi connectivity index (χ1v) is 10.2. The van der Waals surface area contributed by atoms with Crippen LogP contribution in [0.3, 0.4) is 0 Å². The molecule has 2 aromatic carbocycles. The van der Waals surface area contributed by atoms with E-state index in [2.05, 4.69) is 30.4 Å². The van der Waals surface area contributed by atoms with Gasteiger partial charge in [0.25, 0.3) is 11.8 Å². The van der Waals surface area contributed by atoms with Gasteiger partial charge in [-0.15, -0.1) is 8.78 Å². The number of carbonyl (C=O) groups excluding carboxylic acids is 2. The molecule has 0 saturated heterocycles. The molecule has 0 atom stereocenters.